The highest BCUT2D eigenvalue weighted by Crippen LogP contribution is 2.27. The molecule has 0 saturated heterocycles. The number of aromatic nitrogens is 2. The van der Waals surface area contributed by atoms with E-state index in [0.717, 1.165) is 18.4 Å². The quantitative estimate of drug-likeness (QED) is 0.562. The molecule has 0 aliphatic carbocycles. The summed E-state index contributed by atoms with van der Waals surface area (Å²) in [6.45, 7) is 2.45. The molecule has 0 aliphatic rings. The third-order valence-corrected chi connectivity index (χ3v) is 5.70. The van der Waals surface area contributed by atoms with Crippen LogP contribution in [-0.2, 0) is 24.4 Å². The molecule has 1 aromatic carbocycles. The number of carbonyl (C=O) groups excluding carboxylic acids is 1. The first kappa shape index (κ1) is 21.6. The number of hydrogen-bond donors (Lipinski definition) is 1. The SMILES string of the molecule is CCCCn1c(=O)c2sccc2n(CC(=O)NCc2ccc(OC)c(OC)c2)c1=O. The smallest absolute Gasteiger partial charge is 0.332 e. The van der Waals surface area contributed by atoms with E-state index in [1.807, 2.05) is 13.0 Å². The number of nitrogens with one attached hydrogen (secondary N) is 1. The Morgan fingerprint density at radius 3 is 2.57 bits per heavy atom. The van der Waals surface area contributed by atoms with E-state index >= 15 is 0 Å². The van der Waals surface area contributed by atoms with Gasteiger partial charge in [0.05, 0.1) is 19.7 Å². The summed E-state index contributed by atoms with van der Waals surface area (Å²) in [7, 11) is 3.11. The van der Waals surface area contributed by atoms with Crippen molar-refractivity contribution in [2.24, 2.45) is 0 Å². The van der Waals surface area contributed by atoms with Gasteiger partial charge in [0.2, 0.25) is 5.91 Å². The summed E-state index contributed by atoms with van der Waals surface area (Å²) in [6.07, 6.45) is 1.58. The topological polar surface area (TPSA) is 91.6 Å². The Hall–Kier alpha value is -3.07. The van der Waals surface area contributed by atoms with Gasteiger partial charge in [0, 0.05) is 13.1 Å². The maximum Gasteiger partial charge on any atom is 0.332 e. The number of hydrogen-bond acceptors (Lipinski definition) is 6. The number of ether oxygens (including phenoxy) is 2. The van der Waals surface area contributed by atoms with E-state index in [0.29, 0.717) is 28.3 Å². The van der Waals surface area contributed by atoms with Crippen LogP contribution in [0.4, 0.5) is 0 Å². The summed E-state index contributed by atoms with van der Waals surface area (Å²) in [5, 5.41) is 4.58. The van der Waals surface area contributed by atoms with Crippen LogP contribution in [0.5, 0.6) is 11.5 Å². The van der Waals surface area contributed by atoms with Gasteiger partial charge in [0.15, 0.2) is 11.5 Å². The number of rotatable bonds is 9. The van der Waals surface area contributed by atoms with E-state index in [9.17, 15) is 14.4 Å². The van der Waals surface area contributed by atoms with Gasteiger partial charge in [-0.3, -0.25) is 18.7 Å². The average molecular weight is 432 g/mol. The monoisotopic (exact) mass is 431 g/mol. The predicted molar refractivity (Wildman–Crippen MR) is 117 cm³/mol. The van der Waals surface area contributed by atoms with Crippen LogP contribution in [0.15, 0.2) is 39.2 Å². The van der Waals surface area contributed by atoms with E-state index in [-0.39, 0.29) is 24.6 Å². The number of unbranched alkanes of at least 4 members (excludes halogenated alkanes) is 1. The number of amides is 1. The van der Waals surface area contributed by atoms with Gasteiger partial charge in [-0.2, -0.15) is 0 Å². The number of methoxy groups -OCH3 is 2. The fourth-order valence-corrected chi connectivity index (χ4v) is 4.03. The van der Waals surface area contributed by atoms with Crippen molar-refractivity contribution >= 4 is 27.5 Å². The van der Waals surface area contributed by atoms with E-state index in [1.165, 1.54) is 20.5 Å². The summed E-state index contributed by atoms with van der Waals surface area (Å²) in [5.41, 5.74) is 0.576. The fraction of sp³-hybridized carbons (Fsp3) is 0.381. The number of thiophene rings is 1. The summed E-state index contributed by atoms with van der Waals surface area (Å²) < 4.78 is 13.6. The molecule has 160 valence electrons. The number of fused-ring (bicyclic) bond motifs is 1. The van der Waals surface area contributed by atoms with Gasteiger partial charge in [-0.05, 0) is 35.6 Å². The molecule has 0 atom stereocenters. The molecule has 0 spiro atoms. The standard InChI is InChI=1S/C21H25N3O5S/c1-4-5-9-23-20(26)19-15(8-10-30-19)24(21(23)27)13-18(25)22-12-14-6-7-16(28-2)17(11-14)29-3/h6-8,10-11H,4-5,9,12-13H2,1-3H3,(H,22,25). The van der Waals surface area contributed by atoms with Crippen molar-refractivity contribution in [1.29, 1.82) is 0 Å². The molecule has 0 fully saturated rings. The summed E-state index contributed by atoms with van der Waals surface area (Å²) in [4.78, 5) is 38.1. The molecule has 3 aromatic rings. The van der Waals surface area contributed by atoms with Crippen LogP contribution in [0.25, 0.3) is 10.2 Å². The molecule has 0 unspecified atom stereocenters. The molecular formula is C21H25N3O5S. The summed E-state index contributed by atoms with van der Waals surface area (Å²) in [5.74, 6) is 0.858. The average Bonchev–Trinajstić information content (AvgIpc) is 3.25. The molecule has 0 bridgehead atoms. The Morgan fingerprint density at radius 1 is 1.10 bits per heavy atom. The zero-order chi connectivity index (χ0) is 21.7. The van der Waals surface area contributed by atoms with Crippen molar-refractivity contribution in [2.75, 3.05) is 14.2 Å². The fourth-order valence-electron chi connectivity index (χ4n) is 3.19. The maximum absolute atomic E-state index is 12.9. The highest BCUT2D eigenvalue weighted by molar-refractivity contribution is 7.17. The van der Waals surface area contributed by atoms with E-state index in [4.69, 9.17) is 9.47 Å². The highest BCUT2D eigenvalue weighted by atomic mass is 32.1. The molecule has 3 rings (SSSR count). The minimum Gasteiger partial charge on any atom is -0.493 e. The number of nitrogens with zero attached hydrogens (tertiary/aromatic N) is 2. The molecule has 0 aliphatic heterocycles. The summed E-state index contributed by atoms with van der Waals surface area (Å²) in [6, 6.07) is 7.08. The lowest BCUT2D eigenvalue weighted by atomic mass is 10.2. The van der Waals surface area contributed by atoms with Gasteiger partial charge >= 0.3 is 5.69 Å². The minimum absolute atomic E-state index is 0.161. The van der Waals surface area contributed by atoms with Crippen molar-refractivity contribution in [1.82, 2.24) is 14.5 Å². The highest BCUT2D eigenvalue weighted by Gasteiger charge is 2.16. The van der Waals surface area contributed by atoms with E-state index in [2.05, 4.69) is 5.32 Å². The first-order chi connectivity index (χ1) is 14.5. The molecule has 2 heterocycles. The zero-order valence-corrected chi connectivity index (χ0v) is 18.1. The largest absolute Gasteiger partial charge is 0.493 e. The van der Waals surface area contributed by atoms with Gasteiger partial charge in [0.1, 0.15) is 11.2 Å². The molecule has 1 N–H and O–H groups in total. The third kappa shape index (κ3) is 4.40. The van der Waals surface area contributed by atoms with Gasteiger partial charge in [0.25, 0.3) is 5.56 Å². The van der Waals surface area contributed by atoms with Crippen LogP contribution in [0.3, 0.4) is 0 Å². The van der Waals surface area contributed by atoms with Gasteiger partial charge in [-0.15, -0.1) is 11.3 Å². The predicted octanol–water partition coefficient (Wildman–Crippen LogP) is 2.36. The lowest BCUT2D eigenvalue weighted by Gasteiger charge is -2.13. The minimum atomic E-state index is -0.458. The van der Waals surface area contributed by atoms with E-state index in [1.54, 1.807) is 37.8 Å². The first-order valence-corrected chi connectivity index (χ1v) is 10.6. The molecule has 8 nitrogen and oxygen atoms in total. The van der Waals surface area contributed by atoms with Gasteiger partial charge < -0.3 is 14.8 Å². The van der Waals surface area contributed by atoms with Crippen molar-refractivity contribution in [3.63, 3.8) is 0 Å². The van der Waals surface area contributed by atoms with Crippen molar-refractivity contribution in [3.05, 3.63) is 56.0 Å². The van der Waals surface area contributed by atoms with Crippen LogP contribution in [-0.4, -0.2) is 29.3 Å². The van der Waals surface area contributed by atoms with Crippen molar-refractivity contribution in [2.45, 2.75) is 39.4 Å². The molecular weight excluding hydrogens is 406 g/mol. The molecule has 0 saturated carbocycles. The van der Waals surface area contributed by atoms with Crippen LogP contribution in [0, 0.1) is 0 Å². The van der Waals surface area contributed by atoms with Crippen LogP contribution in [0.1, 0.15) is 25.3 Å². The first-order valence-electron chi connectivity index (χ1n) is 9.68. The Kier molecular flexibility index (Phi) is 6.94. The van der Waals surface area contributed by atoms with E-state index < -0.39 is 5.69 Å². The maximum atomic E-state index is 12.9. The molecule has 9 heteroatoms. The Balaban J connectivity index is 1.81. The lowest BCUT2D eigenvalue weighted by Crippen LogP contribution is -2.42. The second-order valence-corrected chi connectivity index (χ2v) is 7.70. The third-order valence-electron chi connectivity index (χ3n) is 4.81. The molecule has 0 radical (unpaired) electrons. The number of benzene rings is 1. The molecule has 30 heavy (non-hydrogen) atoms. The zero-order valence-electron chi connectivity index (χ0n) is 17.3. The molecule has 1 amide bonds. The van der Waals surface area contributed by atoms with Crippen molar-refractivity contribution < 1.29 is 14.3 Å². The second kappa shape index (κ2) is 9.62. The van der Waals surface area contributed by atoms with Crippen LogP contribution in [0.2, 0.25) is 0 Å². The molecule has 2 aromatic heterocycles. The van der Waals surface area contributed by atoms with Gasteiger partial charge in [-0.25, -0.2) is 4.79 Å². The Bertz CT molecular complexity index is 1160. The van der Waals surface area contributed by atoms with Crippen LogP contribution < -0.4 is 26.0 Å². The summed E-state index contributed by atoms with van der Waals surface area (Å²) >= 11 is 1.28. The normalized spacial score (nSPS) is 10.9. The van der Waals surface area contributed by atoms with Gasteiger partial charge in [-0.1, -0.05) is 19.4 Å². The number of carbonyl (C=O) groups is 1. The van der Waals surface area contributed by atoms with Crippen molar-refractivity contribution in [3.8, 4) is 11.5 Å². The lowest BCUT2D eigenvalue weighted by molar-refractivity contribution is -0.121. The Morgan fingerprint density at radius 2 is 1.87 bits per heavy atom. The Labute approximate surface area is 177 Å². The second-order valence-electron chi connectivity index (χ2n) is 6.78. The van der Waals surface area contributed by atoms with Crippen LogP contribution >= 0.6 is 11.3 Å².